The fourth-order valence-electron chi connectivity index (χ4n) is 1.86. The van der Waals surface area contributed by atoms with Gasteiger partial charge in [0.25, 0.3) is 0 Å². The molecule has 0 aliphatic heterocycles. The molecule has 0 radical (unpaired) electrons. The van der Waals surface area contributed by atoms with E-state index in [1.807, 2.05) is 29.8 Å². The average Bonchev–Trinajstić information content (AvgIpc) is 2.68. The van der Waals surface area contributed by atoms with E-state index in [1.54, 1.807) is 6.20 Å². The summed E-state index contributed by atoms with van der Waals surface area (Å²) in [4.78, 5) is 12.5. The Morgan fingerprint density at radius 3 is 2.89 bits per heavy atom. The fraction of sp³-hybridized carbons (Fsp3) is 0.0833. The Morgan fingerprint density at radius 2 is 2.11 bits per heavy atom. The van der Waals surface area contributed by atoms with Gasteiger partial charge in [0, 0.05) is 21.7 Å². The van der Waals surface area contributed by atoms with E-state index in [1.165, 1.54) is 6.33 Å². The van der Waals surface area contributed by atoms with E-state index < -0.39 is 0 Å². The molecule has 3 aromatic heterocycles. The van der Waals surface area contributed by atoms with Crippen molar-refractivity contribution in [3.63, 3.8) is 0 Å². The molecule has 0 atom stereocenters. The van der Waals surface area contributed by atoms with E-state index in [-0.39, 0.29) is 0 Å². The normalized spacial score (nSPS) is 11.1. The lowest BCUT2D eigenvalue weighted by molar-refractivity contribution is 1.05. The van der Waals surface area contributed by atoms with Crippen LogP contribution in [0.1, 0.15) is 5.69 Å². The summed E-state index contributed by atoms with van der Waals surface area (Å²) in [6.07, 6.45) is 5.26. The molecule has 0 saturated heterocycles. The maximum absolute atomic E-state index is 6.11. The van der Waals surface area contributed by atoms with E-state index >= 15 is 0 Å². The monoisotopic (exact) mass is 370 g/mol. The summed E-state index contributed by atoms with van der Waals surface area (Å²) < 4.78 is 3.03. The molecule has 0 spiro atoms. The molecule has 0 fully saturated rings. The Bertz CT molecular complexity index is 738. The van der Waals surface area contributed by atoms with Gasteiger partial charge in [0.05, 0.1) is 11.1 Å². The number of pyridine rings is 1. The van der Waals surface area contributed by atoms with Crippen molar-refractivity contribution in [3.8, 4) is 5.69 Å². The van der Waals surface area contributed by atoms with Crippen LogP contribution in [0.5, 0.6) is 0 Å². The Labute approximate surface area is 122 Å². The number of fused-ring (bicyclic) bond motifs is 1. The van der Waals surface area contributed by atoms with Gasteiger partial charge in [-0.2, -0.15) is 0 Å². The summed E-state index contributed by atoms with van der Waals surface area (Å²) in [5.41, 5.74) is 2.79. The fourth-order valence-corrected chi connectivity index (χ4v) is 3.02. The first-order valence-electron chi connectivity index (χ1n) is 5.27. The molecule has 90 valence electrons. The Kier molecular flexibility index (Phi) is 2.95. The molecular weight excluding hydrogens is 363 g/mol. The molecule has 0 bridgehead atoms. The largest absolute Gasteiger partial charge is 0.300 e. The second-order valence-corrected chi connectivity index (χ2v) is 5.39. The van der Waals surface area contributed by atoms with Crippen molar-refractivity contribution in [2.24, 2.45) is 0 Å². The molecule has 3 rings (SSSR count). The summed E-state index contributed by atoms with van der Waals surface area (Å²) in [5.74, 6) is 0. The van der Waals surface area contributed by atoms with Gasteiger partial charge in [-0.05, 0) is 41.6 Å². The summed E-state index contributed by atoms with van der Waals surface area (Å²) in [5, 5.41) is 1.36. The third-order valence-corrected chi connectivity index (χ3v) is 3.75. The van der Waals surface area contributed by atoms with Crippen LogP contribution in [-0.2, 0) is 0 Å². The molecule has 6 heteroatoms. The van der Waals surface area contributed by atoms with Gasteiger partial charge in [-0.25, -0.2) is 9.97 Å². The highest BCUT2D eigenvalue weighted by Gasteiger charge is 2.13. The zero-order valence-corrected chi connectivity index (χ0v) is 12.3. The van der Waals surface area contributed by atoms with Crippen molar-refractivity contribution in [1.82, 2.24) is 19.5 Å². The molecule has 0 aliphatic rings. The van der Waals surface area contributed by atoms with Gasteiger partial charge in [0.1, 0.15) is 11.5 Å². The molecule has 4 nitrogen and oxygen atoms in total. The minimum Gasteiger partial charge on any atom is -0.300 e. The number of hydrogen-bond donors (Lipinski definition) is 0. The molecule has 0 aromatic carbocycles. The zero-order chi connectivity index (χ0) is 12.7. The Morgan fingerprint density at radius 1 is 1.28 bits per heavy atom. The van der Waals surface area contributed by atoms with E-state index in [0.717, 1.165) is 26.0 Å². The summed E-state index contributed by atoms with van der Waals surface area (Å²) in [6.45, 7) is 1.96. The van der Waals surface area contributed by atoms with Crippen LogP contribution in [0.4, 0.5) is 0 Å². The van der Waals surface area contributed by atoms with Gasteiger partial charge in [-0.15, -0.1) is 0 Å². The van der Waals surface area contributed by atoms with E-state index in [0.29, 0.717) is 5.15 Å². The van der Waals surface area contributed by atoms with Gasteiger partial charge in [-0.1, -0.05) is 11.6 Å². The third kappa shape index (κ3) is 1.87. The van der Waals surface area contributed by atoms with Crippen LogP contribution in [-0.4, -0.2) is 19.5 Å². The lowest BCUT2D eigenvalue weighted by Gasteiger charge is -2.04. The van der Waals surface area contributed by atoms with E-state index in [9.17, 15) is 0 Å². The van der Waals surface area contributed by atoms with Crippen LogP contribution in [0.15, 0.2) is 30.9 Å². The summed E-state index contributed by atoms with van der Waals surface area (Å²) in [6, 6.07) is 3.95. The van der Waals surface area contributed by atoms with Crippen LogP contribution < -0.4 is 0 Å². The molecule has 0 amide bonds. The van der Waals surface area contributed by atoms with Crippen molar-refractivity contribution in [3.05, 3.63) is 45.3 Å². The van der Waals surface area contributed by atoms with Crippen LogP contribution in [0.2, 0.25) is 5.15 Å². The number of aromatic nitrogens is 4. The lowest BCUT2D eigenvalue weighted by Crippen LogP contribution is -1.95. The minimum atomic E-state index is 0.480. The number of nitrogens with zero attached hydrogens (tertiary/aromatic N) is 4. The third-order valence-electron chi connectivity index (χ3n) is 2.65. The zero-order valence-electron chi connectivity index (χ0n) is 9.43. The number of hydrogen-bond acceptors (Lipinski definition) is 3. The van der Waals surface area contributed by atoms with Gasteiger partial charge in [0.2, 0.25) is 0 Å². The van der Waals surface area contributed by atoms with Crippen molar-refractivity contribution in [2.45, 2.75) is 6.92 Å². The highest BCUT2D eigenvalue weighted by molar-refractivity contribution is 14.1. The topological polar surface area (TPSA) is 43.6 Å². The van der Waals surface area contributed by atoms with Crippen LogP contribution in [0.3, 0.4) is 0 Å². The van der Waals surface area contributed by atoms with Gasteiger partial charge >= 0.3 is 0 Å². The van der Waals surface area contributed by atoms with Crippen LogP contribution >= 0.6 is 34.2 Å². The molecular formula is C12H8ClIN4. The predicted octanol–water partition coefficient (Wildman–Crippen LogP) is 3.38. The molecule has 0 unspecified atom stereocenters. The molecule has 3 heterocycles. The second-order valence-electron chi connectivity index (χ2n) is 3.87. The van der Waals surface area contributed by atoms with Crippen molar-refractivity contribution >= 4 is 45.2 Å². The highest BCUT2D eigenvalue weighted by atomic mass is 127. The van der Waals surface area contributed by atoms with Crippen molar-refractivity contribution in [1.29, 1.82) is 0 Å². The number of aryl methyl sites for hydroxylation is 1. The van der Waals surface area contributed by atoms with Crippen LogP contribution in [0.25, 0.3) is 16.7 Å². The maximum atomic E-state index is 6.11. The standard InChI is InChI=1S/C12H8ClIN4/c1-7-4-8(2-3-15-7)18-5-9(14)10-11(13)16-6-17-12(10)18/h2-6H,1H3. The maximum Gasteiger partial charge on any atom is 0.150 e. The first-order chi connectivity index (χ1) is 8.66. The predicted molar refractivity (Wildman–Crippen MR) is 79.1 cm³/mol. The molecule has 18 heavy (non-hydrogen) atoms. The quantitative estimate of drug-likeness (QED) is 0.487. The molecule has 3 aromatic rings. The van der Waals surface area contributed by atoms with Gasteiger partial charge < -0.3 is 0 Å². The Hall–Kier alpha value is -1.21. The second kappa shape index (κ2) is 4.47. The molecule has 0 saturated carbocycles. The molecule has 0 aliphatic carbocycles. The van der Waals surface area contributed by atoms with Crippen molar-refractivity contribution in [2.75, 3.05) is 0 Å². The SMILES string of the molecule is Cc1cc(-n2cc(I)c3c(Cl)ncnc32)ccn1. The first-order valence-corrected chi connectivity index (χ1v) is 6.72. The lowest BCUT2D eigenvalue weighted by atomic mass is 10.3. The number of halogens is 2. The summed E-state index contributed by atoms with van der Waals surface area (Å²) >= 11 is 8.35. The first kappa shape index (κ1) is 11.9. The van der Waals surface area contributed by atoms with E-state index in [4.69, 9.17) is 11.6 Å². The Balaban J connectivity index is 2.34. The number of rotatable bonds is 1. The highest BCUT2D eigenvalue weighted by Crippen LogP contribution is 2.28. The van der Waals surface area contributed by atoms with E-state index in [2.05, 4.69) is 37.5 Å². The van der Waals surface area contributed by atoms with Gasteiger partial charge in [0.15, 0.2) is 5.65 Å². The summed E-state index contributed by atoms with van der Waals surface area (Å²) in [7, 11) is 0. The minimum absolute atomic E-state index is 0.480. The molecule has 0 N–H and O–H groups in total. The average molecular weight is 371 g/mol. The smallest absolute Gasteiger partial charge is 0.150 e. The van der Waals surface area contributed by atoms with Gasteiger partial charge in [-0.3, -0.25) is 9.55 Å². The van der Waals surface area contributed by atoms with Crippen LogP contribution in [0, 0.1) is 10.5 Å². The van der Waals surface area contributed by atoms with Crippen molar-refractivity contribution < 1.29 is 0 Å².